The van der Waals surface area contributed by atoms with Gasteiger partial charge in [0.25, 0.3) is 0 Å². The normalized spacial score (nSPS) is 23.7. The molecule has 7 heteroatoms. The van der Waals surface area contributed by atoms with E-state index < -0.39 is 6.04 Å². The van der Waals surface area contributed by atoms with Crippen LogP contribution < -0.4 is 5.32 Å². The van der Waals surface area contributed by atoms with E-state index in [0.29, 0.717) is 12.2 Å². The van der Waals surface area contributed by atoms with Gasteiger partial charge in [-0.25, -0.2) is 4.79 Å². The summed E-state index contributed by atoms with van der Waals surface area (Å²) in [6, 6.07) is -0.787. The Kier molecular flexibility index (Phi) is 7.62. The lowest BCUT2D eigenvalue weighted by molar-refractivity contribution is -0.138. The molecule has 0 bridgehead atoms. The minimum absolute atomic E-state index is 0.0578. The van der Waals surface area contributed by atoms with E-state index in [1.54, 1.807) is 6.92 Å². The van der Waals surface area contributed by atoms with E-state index >= 15 is 0 Å². The van der Waals surface area contributed by atoms with Gasteiger partial charge in [-0.1, -0.05) is 37.9 Å². The first-order valence-corrected chi connectivity index (χ1v) is 8.17. The Bertz CT molecular complexity index is 507. The standard InChI is InChI=1S/C16H26N4O3/c1-5-11(6-2)13-8-12(16(22)23-7-3)9-14(19-20-17)15(13)18-10(4)21/h8,11,13-15H,5-7,9H2,1-4H3,(H,18,21)/t13-,14-,15-/m0/s1. The molecular formula is C16H26N4O3. The first-order chi connectivity index (χ1) is 11.0. The van der Waals surface area contributed by atoms with Crippen LogP contribution in [0.5, 0.6) is 0 Å². The Balaban J connectivity index is 3.25. The van der Waals surface area contributed by atoms with Crippen molar-refractivity contribution in [1.29, 1.82) is 0 Å². The van der Waals surface area contributed by atoms with Gasteiger partial charge < -0.3 is 10.1 Å². The topological polar surface area (TPSA) is 104 Å². The predicted molar refractivity (Wildman–Crippen MR) is 87.4 cm³/mol. The summed E-state index contributed by atoms with van der Waals surface area (Å²) in [5.41, 5.74) is 9.38. The third-order valence-corrected chi connectivity index (χ3v) is 4.35. The van der Waals surface area contributed by atoms with Gasteiger partial charge in [0.2, 0.25) is 5.91 Å². The number of ether oxygens (including phenoxy) is 1. The zero-order valence-electron chi connectivity index (χ0n) is 14.3. The smallest absolute Gasteiger partial charge is 0.333 e. The van der Waals surface area contributed by atoms with Gasteiger partial charge in [0.1, 0.15) is 0 Å². The minimum atomic E-state index is -0.487. The van der Waals surface area contributed by atoms with Gasteiger partial charge >= 0.3 is 5.97 Å². The summed E-state index contributed by atoms with van der Waals surface area (Å²) in [7, 11) is 0. The fourth-order valence-corrected chi connectivity index (χ4v) is 3.26. The van der Waals surface area contributed by atoms with Crippen LogP contribution in [0.1, 0.15) is 47.0 Å². The lowest BCUT2D eigenvalue weighted by Gasteiger charge is -2.38. The Morgan fingerprint density at radius 2 is 2.09 bits per heavy atom. The summed E-state index contributed by atoms with van der Waals surface area (Å²) in [5.74, 6) is -0.314. The number of esters is 1. The highest BCUT2D eigenvalue weighted by Gasteiger charge is 2.38. The van der Waals surface area contributed by atoms with Crippen LogP contribution in [0, 0.1) is 11.8 Å². The molecule has 0 radical (unpaired) electrons. The average Bonchev–Trinajstić information content (AvgIpc) is 2.51. The number of nitrogens with zero attached hydrogens (tertiary/aromatic N) is 3. The Hall–Kier alpha value is -2.01. The largest absolute Gasteiger partial charge is 0.463 e. The molecule has 0 heterocycles. The SMILES string of the molecule is CCOC(=O)C1=C[C@@H](C(CC)CC)[C@H](NC(C)=O)[C@@H](N=[N+]=[N-])C1. The first kappa shape index (κ1) is 19.0. The zero-order valence-corrected chi connectivity index (χ0v) is 14.3. The third-order valence-electron chi connectivity index (χ3n) is 4.35. The van der Waals surface area contributed by atoms with Crippen LogP contribution in [0.4, 0.5) is 0 Å². The second-order valence-electron chi connectivity index (χ2n) is 5.77. The quantitative estimate of drug-likeness (QED) is 0.337. The number of hydrogen-bond donors (Lipinski definition) is 1. The molecule has 0 aromatic carbocycles. The molecule has 1 aliphatic rings. The van der Waals surface area contributed by atoms with E-state index in [-0.39, 0.29) is 36.2 Å². The maximum atomic E-state index is 12.1. The highest BCUT2D eigenvalue weighted by atomic mass is 16.5. The molecule has 3 atom stereocenters. The van der Waals surface area contributed by atoms with Crippen LogP contribution in [0.25, 0.3) is 10.4 Å². The molecule has 1 aliphatic carbocycles. The summed E-state index contributed by atoms with van der Waals surface area (Å²) in [6.45, 7) is 7.65. The van der Waals surface area contributed by atoms with Crippen molar-refractivity contribution >= 4 is 11.9 Å². The first-order valence-electron chi connectivity index (χ1n) is 8.17. The van der Waals surface area contributed by atoms with Crippen molar-refractivity contribution in [3.63, 3.8) is 0 Å². The number of nitrogens with one attached hydrogen (secondary N) is 1. The Morgan fingerprint density at radius 3 is 2.57 bits per heavy atom. The van der Waals surface area contributed by atoms with Crippen molar-refractivity contribution in [2.45, 2.75) is 59.0 Å². The number of azide groups is 1. The number of rotatable bonds is 7. The van der Waals surface area contributed by atoms with Crippen molar-refractivity contribution in [2.75, 3.05) is 6.61 Å². The van der Waals surface area contributed by atoms with Gasteiger partial charge in [-0.3, -0.25) is 4.79 Å². The van der Waals surface area contributed by atoms with Gasteiger partial charge in [0, 0.05) is 29.4 Å². The molecule has 1 amide bonds. The molecule has 7 nitrogen and oxygen atoms in total. The van der Waals surface area contributed by atoms with Crippen molar-refractivity contribution in [3.8, 4) is 0 Å². The summed E-state index contributed by atoms with van der Waals surface area (Å²) in [6.07, 6.45) is 4.00. The average molecular weight is 322 g/mol. The molecule has 128 valence electrons. The van der Waals surface area contributed by atoms with E-state index in [9.17, 15) is 9.59 Å². The molecular weight excluding hydrogens is 296 g/mol. The van der Waals surface area contributed by atoms with Gasteiger partial charge in [-0.05, 0) is 24.8 Å². The molecule has 0 spiro atoms. The van der Waals surface area contributed by atoms with Crippen molar-refractivity contribution in [1.82, 2.24) is 5.32 Å². The van der Waals surface area contributed by atoms with E-state index in [0.717, 1.165) is 12.8 Å². The molecule has 0 fully saturated rings. The van der Waals surface area contributed by atoms with Crippen LogP contribution in [-0.2, 0) is 14.3 Å². The lowest BCUT2D eigenvalue weighted by atomic mass is 9.74. The van der Waals surface area contributed by atoms with Crippen LogP contribution in [0.3, 0.4) is 0 Å². The monoisotopic (exact) mass is 322 g/mol. The maximum Gasteiger partial charge on any atom is 0.333 e. The van der Waals surface area contributed by atoms with E-state index in [1.165, 1.54) is 6.92 Å². The molecule has 0 saturated carbocycles. The molecule has 0 aromatic rings. The Labute approximate surface area is 137 Å². The molecule has 0 saturated heterocycles. The maximum absolute atomic E-state index is 12.1. The zero-order chi connectivity index (χ0) is 17.4. The molecule has 0 aliphatic heterocycles. The minimum Gasteiger partial charge on any atom is -0.463 e. The number of carbonyl (C=O) groups is 2. The lowest BCUT2D eigenvalue weighted by Crippen LogP contribution is -2.50. The highest BCUT2D eigenvalue weighted by molar-refractivity contribution is 5.89. The fourth-order valence-electron chi connectivity index (χ4n) is 3.26. The summed E-state index contributed by atoms with van der Waals surface area (Å²) >= 11 is 0. The van der Waals surface area contributed by atoms with E-state index in [1.807, 2.05) is 6.08 Å². The van der Waals surface area contributed by atoms with E-state index in [2.05, 4.69) is 29.2 Å². The van der Waals surface area contributed by atoms with Crippen LogP contribution in [0.15, 0.2) is 16.8 Å². The van der Waals surface area contributed by atoms with Crippen molar-refractivity contribution in [2.24, 2.45) is 17.0 Å². The third kappa shape index (κ3) is 4.99. The summed E-state index contributed by atoms with van der Waals surface area (Å²) in [5, 5.41) is 6.74. The summed E-state index contributed by atoms with van der Waals surface area (Å²) < 4.78 is 5.09. The molecule has 1 rings (SSSR count). The van der Waals surface area contributed by atoms with Gasteiger partial charge in [-0.2, -0.15) is 0 Å². The van der Waals surface area contributed by atoms with Crippen LogP contribution in [-0.4, -0.2) is 30.6 Å². The number of amides is 1. The van der Waals surface area contributed by atoms with Gasteiger partial charge in [0.05, 0.1) is 12.6 Å². The highest BCUT2D eigenvalue weighted by Crippen LogP contribution is 2.34. The van der Waals surface area contributed by atoms with E-state index in [4.69, 9.17) is 10.3 Å². The molecule has 0 aromatic heterocycles. The molecule has 23 heavy (non-hydrogen) atoms. The molecule has 0 unspecified atom stereocenters. The van der Waals surface area contributed by atoms with Crippen LogP contribution >= 0.6 is 0 Å². The second kappa shape index (κ2) is 9.20. The van der Waals surface area contributed by atoms with Gasteiger partial charge in [-0.15, -0.1) is 0 Å². The van der Waals surface area contributed by atoms with Crippen molar-refractivity contribution in [3.05, 3.63) is 22.1 Å². The summed E-state index contributed by atoms with van der Waals surface area (Å²) in [4.78, 5) is 26.6. The van der Waals surface area contributed by atoms with Crippen molar-refractivity contribution < 1.29 is 14.3 Å². The number of hydrogen-bond acceptors (Lipinski definition) is 4. The Morgan fingerprint density at radius 1 is 1.43 bits per heavy atom. The number of carbonyl (C=O) groups excluding carboxylic acids is 2. The molecule has 1 N–H and O–H groups in total. The second-order valence-corrected chi connectivity index (χ2v) is 5.77. The van der Waals surface area contributed by atoms with Gasteiger partial charge in [0.15, 0.2) is 0 Å². The predicted octanol–water partition coefficient (Wildman–Crippen LogP) is 3.12. The fraction of sp³-hybridized carbons (Fsp3) is 0.750. The van der Waals surface area contributed by atoms with Crippen LogP contribution in [0.2, 0.25) is 0 Å².